The molecule has 0 bridgehead atoms. The molecule has 0 unspecified atom stereocenters. The summed E-state index contributed by atoms with van der Waals surface area (Å²) in [5.41, 5.74) is 1.20. The predicted octanol–water partition coefficient (Wildman–Crippen LogP) is 2.96. The van der Waals surface area contributed by atoms with E-state index < -0.39 is 0 Å². The van der Waals surface area contributed by atoms with Gasteiger partial charge in [0.25, 0.3) is 0 Å². The van der Waals surface area contributed by atoms with E-state index in [1.54, 1.807) is 11.3 Å². The first-order valence-corrected chi connectivity index (χ1v) is 8.95. The van der Waals surface area contributed by atoms with Crippen molar-refractivity contribution in [3.8, 4) is 0 Å². The van der Waals surface area contributed by atoms with E-state index in [1.165, 1.54) is 0 Å². The second-order valence-electron chi connectivity index (χ2n) is 6.86. The molecule has 1 fully saturated rings. The van der Waals surface area contributed by atoms with Gasteiger partial charge in [0.05, 0.1) is 18.8 Å². The Morgan fingerprint density at radius 3 is 2.74 bits per heavy atom. The van der Waals surface area contributed by atoms with Gasteiger partial charge < -0.3 is 9.15 Å². The Morgan fingerprint density at radius 2 is 2.09 bits per heavy atom. The minimum atomic E-state index is 0.0263. The maximum atomic E-state index is 5.92. The van der Waals surface area contributed by atoms with Crippen molar-refractivity contribution in [2.75, 3.05) is 19.7 Å². The van der Waals surface area contributed by atoms with Gasteiger partial charge in [-0.3, -0.25) is 4.90 Å². The van der Waals surface area contributed by atoms with Gasteiger partial charge in [0.2, 0.25) is 11.8 Å². The Morgan fingerprint density at radius 1 is 1.30 bits per heavy atom. The molecule has 1 atom stereocenters. The van der Waals surface area contributed by atoms with Crippen molar-refractivity contribution in [3.05, 3.63) is 27.9 Å². The summed E-state index contributed by atoms with van der Waals surface area (Å²) in [6, 6.07) is 0. The molecule has 7 heteroatoms. The van der Waals surface area contributed by atoms with E-state index in [2.05, 4.69) is 41.2 Å². The number of morpholine rings is 1. The number of ether oxygens (including phenoxy) is 1. The Bertz CT molecular complexity index is 647. The first-order valence-electron chi connectivity index (χ1n) is 8.07. The van der Waals surface area contributed by atoms with Gasteiger partial charge in [-0.15, -0.1) is 21.5 Å². The Labute approximate surface area is 140 Å². The molecule has 1 saturated heterocycles. The van der Waals surface area contributed by atoms with Crippen LogP contribution in [0.2, 0.25) is 0 Å². The highest BCUT2D eigenvalue weighted by molar-refractivity contribution is 7.09. The van der Waals surface area contributed by atoms with Crippen molar-refractivity contribution < 1.29 is 9.15 Å². The van der Waals surface area contributed by atoms with Gasteiger partial charge in [0.15, 0.2) is 0 Å². The fourth-order valence-electron chi connectivity index (χ4n) is 2.46. The molecule has 1 aliphatic rings. The van der Waals surface area contributed by atoms with E-state index in [-0.39, 0.29) is 11.5 Å². The van der Waals surface area contributed by atoms with Gasteiger partial charge in [0, 0.05) is 30.3 Å². The molecule has 0 aromatic carbocycles. The normalized spacial score (nSPS) is 20.1. The molecule has 0 saturated carbocycles. The van der Waals surface area contributed by atoms with Gasteiger partial charge in [0.1, 0.15) is 11.1 Å². The van der Waals surface area contributed by atoms with E-state index in [9.17, 15) is 0 Å². The summed E-state index contributed by atoms with van der Waals surface area (Å²) < 4.78 is 11.5. The predicted molar refractivity (Wildman–Crippen MR) is 88.5 cm³/mol. The second kappa shape index (κ2) is 6.67. The Hall–Kier alpha value is -1.31. The van der Waals surface area contributed by atoms with Crippen LogP contribution >= 0.6 is 11.3 Å². The monoisotopic (exact) mass is 336 g/mol. The smallest absolute Gasteiger partial charge is 0.230 e. The molecule has 0 amide bonds. The van der Waals surface area contributed by atoms with Crippen LogP contribution in [0.25, 0.3) is 0 Å². The van der Waals surface area contributed by atoms with Gasteiger partial charge in [-0.25, -0.2) is 4.98 Å². The molecule has 6 nitrogen and oxygen atoms in total. The fourth-order valence-corrected chi connectivity index (χ4v) is 3.55. The first-order chi connectivity index (χ1) is 11.0. The van der Waals surface area contributed by atoms with Gasteiger partial charge >= 0.3 is 0 Å². The molecule has 2 aromatic heterocycles. The van der Waals surface area contributed by atoms with Crippen LogP contribution in [-0.2, 0) is 23.1 Å². The second-order valence-corrected chi connectivity index (χ2v) is 7.75. The highest BCUT2D eigenvalue weighted by Gasteiger charge is 2.27. The van der Waals surface area contributed by atoms with Crippen molar-refractivity contribution in [3.63, 3.8) is 0 Å². The van der Waals surface area contributed by atoms with Crippen LogP contribution in [0, 0.1) is 0 Å². The molecule has 0 aliphatic carbocycles. The van der Waals surface area contributed by atoms with E-state index in [0.717, 1.165) is 30.2 Å². The maximum absolute atomic E-state index is 5.92. The SMILES string of the molecule is CCc1nnc(CN2CCO[C@H](c3nc(C(C)(C)C)cs3)C2)o1. The molecule has 126 valence electrons. The van der Waals surface area contributed by atoms with Gasteiger partial charge in [-0.05, 0) is 0 Å². The van der Waals surface area contributed by atoms with Crippen LogP contribution < -0.4 is 0 Å². The highest BCUT2D eigenvalue weighted by Crippen LogP contribution is 2.30. The number of aromatic nitrogens is 3. The zero-order valence-electron chi connectivity index (χ0n) is 14.2. The molecule has 0 N–H and O–H groups in total. The first kappa shape index (κ1) is 16.5. The number of aryl methyl sites for hydroxylation is 1. The molecule has 0 spiro atoms. The van der Waals surface area contributed by atoms with E-state index >= 15 is 0 Å². The lowest BCUT2D eigenvalue weighted by molar-refractivity contribution is -0.0354. The third-order valence-electron chi connectivity index (χ3n) is 3.89. The molecule has 2 aromatic rings. The third-order valence-corrected chi connectivity index (χ3v) is 4.82. The lowest BCUT2D eigenvalue weighted by atomic mass is 9.93. The summed E-state index contributed by atoms with van der Waals surface area (Å²) in [6.45, 7) is 11.6. The van der Waals surface area contributed by atoms with Crippen LogP contribution in [-0.4, -0.2) is 39.8 Å². The van der Waals surface area contributed by atoms with E-state index in [1.807, 2.05) is 6.92 Å². The Kier molecular flexibility index (Phi) is 4.79. The summed E-state index contributed by atoms with van der Waals surface area (Å²) in [5.74, 6) is 1.37. The lowest BCUT2D eigenvalue weighted by Gasteiger charge is -2.30. The number of rotatable bonds is 4. The molecular formula is C16H24N4O2S. The van der Waals surface area contributed by atoms with Crippen molar-refractivity contribution >= 4 is 11.3 Å². The summed E-state index contributed by atoms with van der Waals surface area (Å²) in [6.07, 6.45) is 0.798. The molecule has 23 heavy (non-hydrogen) atoms. The molecular weight excluding hydrogens is 312 g/mol. The van der Waals surface area contributed by atoms with Crippen LogP contribution in [0.3, 0.4) is 0 Å². The average molecular weight is 336 g/mol. The molecule has 0 radical (unpaired) electrons. The fraction of sp³-hybridized carbons (Fsp3) is 0.688. The van der Waals surface area contributed by atoms with E-state index in [0.29, 0.717) is 24.9 Å². The van der Waals surface area contributed by atoms with Crippen LogP contribution in [0.1, 0.15) is 56.3 Å². The zero-order chi connectivity index (χ0) is 16.4. The Balaban J connectivity index is 1.64. The number of hydrogen-bond acceptors (Lipinski definition) is 7. The number of thiazole rings is 1. The minimum absolute atomic E-state index is 0.0263. The van der Waals surface area contributed by atoms with Crippen molar-refractivity contribution in [1.82, 2.24) is 20.1 Å². The molecule has 1 aliphatic heterocycles. The highest BCUT2D eigenvalue weighted by atomic mass is 32.1. The summed E-state index contributed by atoms with van der Waals surface area (Å²) in [7, 11) is 0. The van der Waals surface area contributed by atoms with Crippen molar-refractivity contribution in [2.24, 2.45) is 0 Å². The molecule has 3 rings (SSSR count). The summed E-state index contributed by atoms with van der Waals surface area (Å²) in [4.78, 5) is 7.07. The van der Waals surface area contributed by atoms with Crippen LogP contribution in [0.5, 0.6) is 0 Å². The van der Waals surface area contributed by atoms with E-state index in [4.69, 9.17) is 14.1 Å². The summed E-state index contributed by atoms with van der Waals surface area (Å²) >= 11 is 1.68. The van der Waals surface area contributed by atoms with Crippen LogP contribution in [0.15, 0.2) is 9.80 Å². The quantitative estimate of drug-likeness (QED) is 0.855. The largest absolute Gasteiger partial charge is 0.424 e. The average Bonchev–Trinajstić information content (AvgIpc) is 3.16. The van der Waals surface area contributed by atoms with Gasteiger partial charge in [-0.2, -0.15) is 0 Å². The maximum Gasteiger partial charge on any atom is 0.230 e. The molecule has 3 heterocycles. The van der Waals surface area contributed by atoms with Crippen LogP contribution in [0.4, 0.5) is 0 Å². The standard InChI is InChI=1S/C16H24N4O2S/c1-5-13-18-19-14(22-13)9-20-6-7-21-11(8-20)15-17-12(10-23-15)16(2,3)4/h10-11H,5-9H2,1-4H3/t11-/m0/s1. The number of nitrogens with zero attached hydrogens (tertiary/aromatic N) is 4. The minimum Gasteiger partial charge on any atom is -0.424 e. The van der Waals surface area contributed by atoms with Gasteiger partial charge in [-0.1, -0.05) is 27.7 Å². The van der Waals surface area contributed by atoms with Crippen molar-refractivity contribution in [2.45, 2.75) is 52.2 Å². The third kappa shape index (κ3) is 3.97. The summed E-state index contributed by atoms with van der Waals surface area (Å²) in [5, 5.41) is 11.3. The lowest BCUT2D eigenvalue weighted by Crippen LogP contribution is -2.37. The topological polar surface area (TPSA) is 64.3 Å². The zero-order valence-corrected chi connectivity index (χ0v) is 15.0. The number of hydrogen-bond donors (Lipinski definition) is 0. The van der Waals surface area contributed by atoms with Crippen molar-refractivity contribution in [1.29, 1.82) is 0 Å².